The van der Waals surface area contributed by atoms with E-state index in [-0.39, 0.29) is 48.7 Å². The van der Waals surface area contributed by atoms with Crippen LogP contribution in [0, 0.1) is 17.8 Å². The summed E-state index contributed by atoms with van der Waals surface area (Å²) in [6, 6.07) is -1.66. The van der Waals surface area contributed by atoms with Crippen LogP contribution in [-0.4, -0.2) is 91.3 Å². The topological polar surface area (TPSA) is 124 Å². The highest BCUT2D eigenvalue weighted by Gasteiger charge is 2.42. The molecule has 7 atom stereocenters. The van der Waals surface area contributed by atoms with Crippen molar-refractivity contribution in [1.82, 2.24) is 26.2 Å². The first-order chi connectivity index (χ1) is 19.3. The first-order valence-corrected chi connectivity index (χ1v) is 15.4. The summed E-state index contributed by atoms with van der Waals surface area (Å²) in [5, 5.41) is 12.6. The van der Waals surface area contributed by atoms with Gasteiger partial charge in [-0.05, 0) is 78.8 Å². The Morgan fingerprint density at radius 3 is 2.44 bits per heavy atom. The van der Waals surface area contributed by atoms with Gasteiger partial charge in [-0.2, -0.15) is 0 Å². The lowest BCUT2D eigenvalue weighted by molar-refractivity contribution is -0.128. The van der Waals surface area contributed by atoms with Crippen LogP contribution < -0.4 is 27.0 Å². The standard InChI is InChI=1S/C30H53F2N7O2/c1-7-19(8-2)23-10-9-21(31)15-35-18(3)25(27(33)36-23)29(41)37-24-17-34-16-22(32)26(24)39-13-11-20(12-14-39)28(40)38-30(4,5)6/h10,17-22,24-27,35-36H,7-9,11-16,33H2,1-6H3,(H,37,41)(H,38,40)/b23-10-. The molecule has 7 unspecified atom stereocenters. The van der Waals surface area contributed by atoms with Gasteiger partial charge in [0.25, 0.3) is 0 Å². The van der Waals surface area contributed by atoms with Gasteiger partial charge in [0.1, 0.15) is 12.3 Å². The van der Waals surface area contributed by atoms with Gasteiger partial charge in [0.2, 0.25) is 11.8 Å². The number of likely N-dealkylation sites (tertiary alicyclic amines) is 1. The predicted molar refractivity (Wildman–Crippen MR) is 160 cm³/mol. The Morgan fingerprint density at radius 2 is 1.83 bits per heavy atom. The van der Waals surface area contributed by atoms with Crippen molar-refractivity contribution in [2.24, 2.45) is 28.5 Å². The Kier molecular flexibility index (Phi) is 12.1. The van der Waals surface area contributed by atoms with E-state index in [1.807, 2.05) is 38.7 Å². The molecule has 3 aliphatic heterocycles. The van der Waals surface area contributed by atoms with E-state index in [4.69, 9.17) is 5.73 Å². The summed E-state index contributed by atoms with van der Waals surface area (Å²) >= 11 is 0. The third-order valence-electron chi connectivity index (χ3n) is 8.66. The van der Waals surface area contributed by atoms with Crippen molar-refractivity contribution in [3.8, 4) is 0 Å². The van der Waals surface area contributed by atoms with Crippen LogP contribution >= 0.6 is 0 Å². The molecule has 0 aromatic heterocycles. The zero-order valence-electron chi connectivity index (χ0n) is 25.8. The fourth-order valence-electron chi connectivity index (χ4n) is 6.30. The quantitative estimate of drug-likeness (QED) is 0.315. The zero-order valence-corrected chi connectivity index (χ0v) is 25.8. The molecule has 3 rings (SSSR count). The number of carbonyl (C=O) groups is 2. The molecule has 0 aromatic carbocycles. The van der Waals surface area contributed by atoms with E-state index in [1.54, 1.807) is 6.21 Å². The van der Waals surface area contributed by atoms with Crippen LogP contribution in [0.4, 0.5) is 8.78 Å². The van der Waals surface area contributed by atoms with Crippen LogP contribution in [0.15, 0.2) is 16.8 Å². The molecule has 6 N–H and O–H groups in total. The van der Waals surface area contributed by atoms with Crippen molar-refractivity contribution in [2.45, 2.75) is 116 Å². The highest BCUT2D eigenvalue weighted by molar-refractivity contribution is 5.84. The highest BCUT2D eigenvalue weighted by atomic mass is 19.1. The maximum atomic E-state index is 15.4. The van der Waals surface area contributed by atoms with Crippen LogP contribution in [0.2, 0.25) is 0 Å². The minimum absolute atomic E-state index is 0.0281. The Labute approximate surface area is 244 Å². The lowest BCUT2D eigenvalue weighted by Crippen LogP contribution is -2.64. The maximum absolute atomic E-state index is 15.4. The first kappa shape index (κ1) is 33.4. The number of nitrogens with one attached hydrogen (secondary N) is 4. The SMILES string of the molecule is CCC(CC)/C1=C/CC(F)CNC(C)C(C(=O)NC2C=NCC(F)C2N2CCC(C(=O)NC(C)(C)C)CC2)C(N)N1. The number of carbonyl (C=O) groups excluding carboxylic acids is 2. The second kappa shape index (κ2) is 14.9. The van der Waals surface area contributed by atoms with Crippen LogP contribution in [0.3, 0.4) is 0 Å². The molecule has 0 bridgehead atoms. The number of amides is 2. The Morgan fingerprint density at radius 1 is 1.17 bits per heavy atom. The van der Waals surface area contributed by atoms with E-state index in [1.165, 1.54) is 0 Å². The summed E-state index contributed by atoms with van der Waals surface area (Å²) in [4.78, 5) is 32.8. The van der Waals surface area contributed by atoms with Crippen LogP contribution in [-0.2, 0) is 9.59 Å². The van der Waals surface area contributed by atoms with Gasteiger partial charge >= 0.3 is 0 Å². The van der Waals surface area contributed by atoms with Gasteiger partial charge in [-0.3, -0.25) is 19.5 Å². The molecule has 0 aromatic rings. The van der Waals surface area contributed by atoms with E-state index in [2.05, 4.69) is 40.1 Å². The second-order valence-corrected chi connectivity index (χ2v) is 13.0. The molecule has 0 spiro atoms. The number of nitrogens with two attached hydrogens (primary N) is 1. The average Bonchev–Trinajstić information content (AvgIpc) is 2.90. The fourth-order valence-corrected chi connectivity index (χ4v) is 6.30. The Balaban J connectivity index is 1.73. The third-order valence-corrected chi connectivity index (χ3v) is 8.66. The number of hydrogen-bond donors (Lipinski definition) is 5. The average molecular weight is 582 g/mol. The molecule has 234 valence electrons. The summed E-state index contributed by atoms with van der Waals surface area (Å²) in [6.07, 6.45) is 3.69. The van der Waals surface area contributed by atoms with Crippen LogP contribution in [0.5, 0.6) is 0 Å². The van der Waals surface area contributed by atoms with Crippen molar-refractivity contribution < 1.29 is 18.4 Å². The van der Waals surface area contributed by atoms with Crippen molar-refractivity contribution in [1.29, 1.82) is 0 Å². The monoisotopic (exact) mass is 581 g/mol. The highest BCUT2D eigenvalue weighted by Crippen LogP contribution is 2.26. The molecule has 9 nitrogen and oxygen atoms in total. The Hall–Kier alpha value is -2.11. The van der Waals surface area contributed by atoms with Gasteiger partial charge in [0.15, 0.2) is 0 Å². The smallest absolute Gasteiger partial charge is 0.228 e. The molecule has 1 saturated heterocycles. The predicted octanol–water partition coefficient (Wildman–Crippen LogP) is 2.42. The van der Waals surface area contributed by atoms with Gasteiger partial charge < -0.3 is 27.0 Å². The number of halogens is 2. The lowest BCUT2D eigenvalue weighted by atomic mass is 9.89. The molecule has 1 fully saturated rings. The minimum atomic E-state index is -1.26. The van der Waals surface area contributed by atoms with Crippen molar-refractivity contribution in [3.63, 3.8) is 0 Å². The van der Waals surface area contributed by atoms with E-state index in [0.29, 0.717) is 25.9 Å². The summed E-state index contributed by atoms with van der Waals surface area (Å²) in [6.45, 7) is 13.1. The molecular formula is C30H53F2N7O2. The third kappa shape index (κ3) is 9.19. The largest absolute Gasteiger partial charge is 0.373 e. The van der Waals surface area contributed by atoms with Gasteiger partial charge in [-0.25, -0.2) is 8.78 Å². The molecule has 0 radical (unpaired) electrons. The number of alkyl halides is 2. The van der Waals surface area contributed by atoms with Gasteiger partial charge in [0.05, 0.1) is 30.7 Å². The maximum Gasteiger partial charge on any atom is 0.228 e. The summed E-state index contributed by atoms with van der Waals surface area (Å²) < 4.78 is 30.1. The summed E-state index contributed by atoms with van der Waals surface area (Å²) in [7, 11) is 0. The molecule has 3 aliphatic rings. The summed E-state index contributed by atoms with van der Waals surface area (Å²) in [5.41, 5.74) is 7.19. The zero-order chi connectivity index (χ0) is 30.3. The van der Waals surface area contributed by atoms with Crippen molar-refractivity contribution in [2.75, 3.05) is 26.2 Å². The Bertz CT molecular complexity index is 928. The molecular weight excluding hydrogens is 528 g/mol. The number of hydrogen-bond acceptors (Lipinski definition) is 7. The second-order valence-electron chi connectivity index (χ2n) is 13.0. The number of allylic oxidation sites excluding steroid dienone is 2. The van der Waals surface area contributed by atoms with E-state index < -0.39 is 42.6 Å². The van der Waals surface area contributed by atoms with Gasteiger partial charge in [0, 0.05) is 36.0 Å². The molecule has 41 heavy (non-hydrogen) atoms. The van der Waals surface area contributed by atoms with Crippen molar-refractivity contribution >= 4 is 18.0 Å². The van der Waals surface area contributed by atoms with E-state index in [9.17, 15) is 14.0 Å². The molecule has 11 heteroatoms. The summed E-state index contributed by atoms with van der Waals surface area (Å²) in [5.74, 6) is -0.973. The lowest BCUT2D eigenvalue weighted by Gasteiger charge is -2.43. The minimum Gasteiger partial charge on any atom is -0.373 e. The molecule has 0 aliphatic carbocycles. The van der Waals surface area contributed by atoms with Gasteiger partial charge in [-0.15, -0.1) is 0 Å². The molecule has 0 saturated carbocycles. The number of piperidine rings is 1. The fraction of sp³-hybridized carbons (Fsp3) is 0.833. The molecule has 2 amide bonds. The van der Waals surface area contributed by atoms with Crippen LogP contribution in [0.1, 0.15) is 73.6 Å². The number of rotatable bonds is 7. The van der Waals surface area contributed by atoms with E-state index >= 15 is 4.39 Å². The van der Waals surface area contributed by atoms with E-state index in [0.717, 1.165) is 18.5 Å². The molecule has 3 heterocycles. The first-order valence-electron chi connectivity index (χ1n) is 15.4. The normalized spacial score (nSPS) is 33.9. The number of nitrogens with zero attached hydrogens (tertiary/aromatic N) is 2. The number of aliphatic imine (C=N–C) groups is 1. The van der Waals surface area contributed by atoms with Crippen molar-refractivity contribution in [3.05, 3.63) is 11.8 Å². The van der Waals surface area contributed by atoms with Crippen LogP contribution in [0.25, 0.3) is 0 Å². The van der Waals surface area contributed by atoms with Gasteiger partial charge in [-0.1, -0.05) is 19.9 Å².